The van der Waals surface area contributed by atoms with Gasteiger partial charge in [-0.1, -0.05) is 42.5 Å². The highest BCUT2D eigenvalue weighted by molar-refractivity contribution is 5.73. The van der Waals surface area contributed by atoms with E-state index in [-0.39, 0.29) is 30.2 Å². The first-order valence-electron chi connectivity index (χ1n) is 8.92. The third-order valence-electron chi connectivity index (χ3n) is 3.94. The number of hydrogen-bond donors (Lipinski definition) is 0. The fourth-order valence-corrected chi connectivity index (χ4v) is 2.52. The number of benzene rings is 3. The maximum absolute atomic E-state index is 12.0. The minimum Gasteiger partial charge on any atom is -0.461 e. The van der Waals surface area contributed by atoms with Crippen LogP contribution >= 0.6 is 0 Å². The van der Waals surface area contributed by atoms with Gasteiger partial charge in [0.15, 0.2) is 0 Å². The van der Waals surface area contributed by atoms with Crippen molar-refractivity contribution in [3.8, 4) is 11.5 Å². The standard InChI is InChI=1S/C22H17NO7/c24-21(28-15-16-5-2-1-3-6-16)14-17-7-4-8-20(13-17)30-22(25)29-19-11-9-18(10-12-19)23(26)27/h1-13H,14-15H2. The lowest BCUT2D eigenvalue weighted by molar-refractivity contribution is -0.384. The van der Waals surface area contributed by atoms with Gasteiger partial charge in [0, 0.05) is 12.1 Å². The lowest BCUT2D eigenvalue weighted by atomic mass is 10.1. The molecule has 30 heavy (non-hydrogen) atoms. The molecule has 0 N–H and O–H groups in total. The molecule has 3 aromatic rings. The third-order valence-corrected chi connectivity index (χ3v) is 3.94. The quantitative estimate of drug-likeness (QED) is 0.246. The van der Waals surface area contributed by atoms with Gasteiger partial charge in [-0.2, -0.15) is 0 Å². The number of nitro groups is 1. The fraction of sp³-hybridized carbons (Fsp3) is 0.0909. The summed E-state index contributed by atoms with van der Waals surface area (Å²) in [5.41, 5.74) is 1.37. The summed E-state index contributed by atoms with van der Waals surface area (Å²) in [5, 5.41) is 10.6. The molecule has 0 aromatic heterocycles. The SMILES string of the molecule is O=C(Cc1cccc(OC(=O)Oc2ccc([N+](=O)[O-])cc2)c1)OCc1ccccc1. The van der Waals surface area contributed by atoms with Gasteiger partial charge in [0.25, 0.3) is 5.69 Å². The first kappa shape index (κ1) is 20.5. The number of non-ortho nitro benzene ring substituents is 1. The maximum atomic E-state index is 12.0. The molecule has 152 valence electrons. The Kier molecular flexibility index (Phi) is 6.73. The molecule has 8 heteroatoms. The molecule has 8 nitrogen and oxygen atoms in total. The van der Waals surface area contributed by atoms with Gasteiger partial charge >= 0.3 is 12.1 Å². The van der Waals surface area contributed by atoms with Crippen molar-refractivity contribution in [3.63, 3.8) is 0 Å². The predicted molar refractivity (Wildman–Crippen MR) is 106 cm³/mol. The maximum Gasteiger partial charge on any atom is 0.519 e. The Balaban J connectivity index is 1.52. The minimum atomic E-state index is -1.01. The Bertz CT molecular complexity index is 1030. The van der Waals surface area contributed by atoms with E-state index in [0.717, 1.165) is 5.56 Å². The van der Waals surface area contributed by atoms with E-state index >= 15 is 0 Å². The van der Waals surface area contributed by atoms with Crippen LogP contribution in [0.3, 0.4) is 0 Å². The van der Waals surface area contributed by atoms with E-state index in [1.165, 1.54) is 36.4 Å². The molecule has 0 radical (unpaired) electrons. The molecule has 0 amide bonds. The van der Waals surface area contributed by atoms with Crippen LogP contribution in [0, 0.1) is 10.1 Å². The summed E-state index contributed by atoms with van der Waals surface area (Å²) in [6.45, 7) is 0.178. The minimum absolute atomic E-state index is 0.0153. The van der Waals surface area contributed by atoms with Crippen molar-refractivity contribution in [3.05, 3.63) is 100 Å². The molecule has 0 unspecified atom stereocenters. The van der Waals surface area contributed by atoms with E-state index in [1.54, 1.807) is 12.1 Å². The van der Waals surface area contributed by atoms with Crippen molar-refractivity contribution < 1.29 is 28.7 Å². The van der Waals surface area contributed by atoms with Crippen molar-refractivity contribution in [1.29, 1.82) is 0 Å². The van der Waals surface area contributed by atoms with Crippen LogP contribution in [0.2, 0.25) is 0 Å². The number of carbonyl (C=O) groups is 2. The summed E-state index contributed by atoms with van der Waals surface area (Å²) in [5.74, 6) is -0.119. The molecule has 3 rings (SSSR count). The van der Waals surface area contributed by atoms with Gasteiger partial charge in [0.2, 0.25) is 0 Å². The Labute approximate surface area is 171 Å². The van der Waals surface area contributed by atoms with E-state index in [1.807, 2.05) is 30.3 Å². The Morgan fingerprint density at radius 2 is 1.47 bits per heavy atom. The van der Waals surface area contributed by atoms with Crippen molar-refractivity contribution in [2.75, 3.05) is 0 Å². The molecule has 0 aliphatic carbocycles. The molecular formula is C22H17NO7. The monoisotopic (exact) mass is 407 g/mol. The molecule has 0 atom stereocenters. The van der Waals surface area contributed by atoms with Crippen molar-refractivity contribution in [2.24, 2.45) is 0 Å². The van der Waals surface area contributed by atoms with E-state index < -0.39 is 17.0 Å². The molecule has 0 saturated carbocycles. The average Bonchev–Trinajstić information content (AvgIpc) is 2.73. The Morgan fingerprint density at radius 1 is 0.800 bits per heavy atom. The lowest BCUT2D eigenvalue weighted by Crippen LogP contribution is -2.14. The number of ether oxygens (including phenoxy) is 3. The van der Waals surface area contributed by atoms with E-state index in [2.05, 4.69) is 0 Å². The molecule has 0 aliphatic rings. The number of hydrogen-bond acceptors (Lipinski definition) is 7. The van der Waals surface area contributed by atoms with Crippen molar-refractivity contribution in [2.45, 2.75) is 13.0 Å². The number of carbonyl (C=O) groups excluding carboxylic acids is 2. The van der Waals surface area contributed by atoms with Crippen LogP contribution in [-0.4, -0.2) is 17.0 Å². The number of rotatable bonds is 7. The molecular weight excluding hydrogens is 390 g/mol. The Hall–Kier alpha value is -4.20. The zero-order valence-electron chi connectivity index (χ0n) is 15.7. The number of esters is 1. The van der Waals surface area contributed by atoms with E-state index in [0.29, 0.717) is 5.56 Å². The number of nitro benzene ring substituents is 1. The highest BCUT2D eigenvalue weighted by atomic mass is 16.7. The summed E-state index contributed by atoms with van der Waals surface area (Å²) >= 11 is 0. The topological polar surface area (TPSA) is 105 Å². The van der Waals surface area contributed by atoms with E-state index in [9.17, 15) is 19.7 Å². The van der Waals surface area contributed by atoms with Crippen LogP contribution in [0.1, 0.15) is 11.1 Å². The highest BCUT2D eigenvalue weighted by Gasteiger charge is 2.12. The Morgan fingerprint density at radius 3 is 2.17 bits per heavy atom. The number of nitrogens with zero attached hydrogens (tertiary/aromatic N) is 1. The van der Waals surface area contributed by atoms with Gasteiger partial charge in [0.05, 0.1) is 11.3 Å². The second kappa shape index (κ2) is 9.83. The smallest absolute Gasteiger partial charge is 0.461 e. The van der Waals surface area contributed by atoms with Gasteiger partial charge < -0.3 is 14.2 Å². The molecule has 0 fully saturated rings. The normalized spacial score (nSPS) is 10.1. The van der Waals surface area contributed by atoms with Crippen molar-refractivity contribution in [1.82, 2.24) is 0 Å². The lowest BCUT2D eigenvalue weighted by Gasteiger charge is -2.08. The second-order valence-electron chi connectivity index (χ2n) is 6.18. The average molecular weight is 407 g/mol. The molecule has 0 heterocycles. The van der Waals surface area contributed by atoms with E-state index in [4.69, 9.17) is 14.2 Å². The zero-order valence-corrected chi connectivity index (χ0v) is 15.7. The molecule has 0 saturated heterocycles. The summed E-state index contributed by atoms with van der Waals surface area (Å²) < 4.78 is 15.3. The van der Waals surface area contributed by atoms with Crippen molar-refractivity contribution >= 4 is 17.8 Å². The predicted octanol–water partition coefficient (Wildman–Crippen LogP) is 4.46. The first-order valence-corrected chi connectivity index (χ1v) is 8.92. The highest BCUT2D eigenvalue weighted by Crippen LogP contribution is 2.19. The van der Waals surface area contributed by atoms with Gasteiger partial charge in [0.1, 0.15) is 18.1 Å². The van der Waals surface area contributed by atoms with Gasteiger partial charge in [-0.25, -0.2) is 4.79 Å². The van der Waals surface area contributed by atoms with Gasteiger partial charge in [-0.3, -0.25) is 14.9 Å². The van der Waals surface area contributed by atoms with Crippen LogP contribution in [-0.2, 0) is 22.6 Å². The second-order valence-corrected chi connectivity index (χ2v) is 6.18. The zero-order chi connectivity index (χ0) is 21.3. The van der Waals surface area contributed by atoms with Crippen LogP contribution in [0.25, 0.3) is 0 Å². The summed E-state index contributed by atoms with van der Waals surface area (Å²) in [7, 11) is 0. The van der Waals surface area contributed by atoms with Gasteiger partial charge in [-0.15, -0.1) is 0 Å². The van der Waals surface area contributed by atoms with Crippen LogP contribution in [0.5, 0.6) is 11.5 Å². The van der Waals surface area contributed by atoms with Crippen LogP contribution in [0.15, 0.2) is 78.9 Å². The first-order chi connectivity index (χ1) is 14.5. The molecule has 3 aromatic carbocycles. The van der Waals surface area contributed by atoms with Crippen LogP contribution in [0.4, 0.5) is 10.5 Å². The third kappa shape index (κ3) is 6.16. The molecule has 0 spiro atoms. The summed E-state index contributed by atoms with van der Waals surface area (Å²) in [6.07, 6.45) is -0.991. The molecule has 0 bridgehead atoms. The summed E-state index contributed by atoms with van der Waals surface area (Å²) in [6, 6.07) is 20.7. The molecule has 0 aliphatic heterocycles. The van der Waals surface area contributed by atoms with Gasteiger partial charge in [-0.05, 0) is 35.4 Å². The fourth-order valence-electron chi connectivity index (χ4n) is 2.52. The largest absolute Gasteiger partial charge is 0.519 e. The summed E-state index contributed by atoms with van der Waals surface area (Å²) in [4.78, 5) is 34.0. The van der Waals surface area contributed by atoms with Crippen LogP contribution < -0.4 is 9.47 Å².